The Morgan fingerprint density at radius 3 is 2.26 bits per heavy atom. The number of phenolic OH excluding ortho intramolecular Hbond substituents is 1. The fraction of sp³-hybridized carbons (Fsp3) is 0.516. The number of amides is 2. The Balaban J connectivity index is 1.40. The summed E-state index contributed by atoms with van der Waals surface area (Å²) in [6.45, 7) is 12.5. The zero-order valence-corrected chi connectivity index (χ0v) is 24.0. The Bertz CT molecular complexity index is 1260. The van der Waals surface area contributed by atoms with Gasteiger partial charge in [-0.05, 0) is 82.3 Å². The molecule has 0 spiro atoms. The lowest BCUT2D eigenvalue weighted by Gasteiger charge is -2.38. The molecule has 1 N–H and O–H groups in total. The minimum absolute atomic E-state index is 0.000575. The van der Waals surface area contributed by atoms with Crippen LogP contribution in [0.3, 0.4) is 0 Å². The van der Waals surface area contributed by atoms with E-state index in [0.29, 0.717) is 38.5 Å². The van der Waals surface area contributed by atoms with Gasteiger partial charge in [0.1, 0.15) is 11.2 Å². The fourth-order valence-corrected chi connectivity index (χ4v) is 5.37. The van der Waals surface area contributed by atoms with Crippen molar-refractivity contribution in [1.82, 2.24) is 14.7 Å². The van der Waals surface area contributed by atoms with Crippen molar-refractivity contribution in [2.24, 2.45) is 5.41 Å². The lowest BCUT2D eigenvalue weighted by Crippen LogP contribution is -2.54. The van der Waals surface area contributed by atoms with E-state index in [1.807, 2.05) is 29.2 Å². The minimum atomic E-state index is -1.04. The molecule has 0 radical (unpaired) electrons. The van der Waals surface area contributed by atoms with Crippen LogP contribution in [0.2, 0.25) is 0 Å². The Hall–Kier alpha value is -3.39. The predicted octanol–water partition coefficient (Wildman–Crippen LogP) is 4.03. The predicted molar refractivity (Wildman–Crippen MR) is 150 cm³/mol. The first-order valence-corrected chi connectivity index (χ1v) is 13.7. The molecule has 8 nitrogen and oxygen atoms in total. The van der Waals surface area contributed by atoms with E-state index in [0.717, 1.165) is 36.1 Å². The van der Waals surface area contributed by atoms with Gasteiger partial charge in [0.2, 0.25) is 5.91 Å². The van der Waals surface area contributed by atoms with Gasteiger partial charge in [0.05, 0.1) is 7.11 Å². The first-order valence-electron chi connectivity index (χ1n) is 13.7. The zero-order chi connectivity index (χ0) is 28.5. The molecule has 0 bridgehead atoms. The van der Waals surface area contributed by atoms with Gasteiger partial charge in [0, 0.05) is 50.4 Å². The molecule has 2 aliphatic rings. The van der Waals surface area contributed by atoms with Crippen LogP contribution in [0.25, 0.3) is 0 Å². The highest BCUT2D eigenvalue weighted by molar-refractivity contribution is 6.04. The van der Waals surface area contributed by atoms with Crippen LogP contribution in [0.15, 0.2) is 36.4 Å². The van der Waals surface area contributed by atoms with Gasteiger partial charge in [-0.1, -0.05) is 18.2 Å². The number of phenols is 1. The van der Waals surface area contributed by atoms with Crippen molar-refractivity contribution in [1.29, 1.82) is 0 Å². The molecule has 0 atom stereocenters. The fourth-order valence-electron chi connectivity index (χ4n) is 5.37. The van der Waals surface area contributed by atoms with E-state index in [9.17, 15) is 19.5 Å². The molecule has 0 unspecified atom stereocenters. The molecule has 2 heterocycles. The minimum Gasteiger partial charge on any atom is -0.504 e. The van der Waals surface area contributed by atoms with Gasteiger partial charge >= 0.3 is 0 Å². The summed E-state index contributed by atoms with van der Waals surface area (Å²) in [5.41, 5.74) is 2.94. The van der Waals surface area contributed by atoms with E-state index >= 15 is 0 Å². The number of carbonyl (C=O) groups is 3. The SMILES string of the molecule is COc1cc(CCC(C)(C)N2Cc3cccc(C(=O)N4CCN(C(=O)C(C)(C)C(C)=O)CC4)c3C2)ccc1O. The third kappa shape index (κ3) is 5.81. The Morgan fingerprint density at radius 2 is 1.62 bits per heavy atom. The molecular weight excluding hydrogens is 494 g/mol. The summed E-state index contributed by atoms with van der Waals surface area (Å²) in [6, 6.07) is 11.5. The monoisotopic (exact) mass is 535 g/mol. The number of hydrogen-bond acceptors (Lipinski definition) is 6. The lowest BCUT2D eigenvalue weighted by molar-refractivity contribution is -0.147. The van der Waals surface area contributed by atoms with Crippen LogP contribution in [0.5, 0.6) is 11.5 Å². The molecule has 2 aliphatic heterocycles. The molecule has 2 amide bonds. The molecule has 0 saturated carbocycles. The van der Waals surface area contributed by atoms with Gasteiger partial charge in [-0.25, -0.2) is 0 Å². The van der Waals surface area contributed by atoms with E-state index in [1.54, 1.807) is 31.9 Å². The number of nitrogens with zero attached hydrogens (tertiary/aromatic N) is 3. The number of fused-ring (bicyclic) bond motifs is 1. The van der Waals surface area contributed by atoms with Crippen molar-refractivity contribution in [3.8, 4) is 11.5 Å². The number of carbonyl (C=O) groups excluding carboxylic acids is 3. The third-order valence-corrected chi connectivity index (χ3v) is 8.61. The molecular formula is C31H41N3O5. The number of aryl methyl sites for hydroxylation is 1. The zero-order valence-electron chi connectivity index (χ0n) is 24.0. The van der Waals surface area contributed by atoms with Crippen molar-refractivity contribution in [2.75, 3.05) is 33.3 Å². The molecule has 2 aromatic rings. The number of ether oxygens (including phenoxy) is 1. The van der Waals surface area contributed by atoms with Gasteiger partial charge in [-0.15, -0.1) is 0 Å². The maximum atomic E-state index is 13.6. The van der Waals surface area contributed by atoms with Crippen molar-refractivity contribution >= 4 is 17.6 Å². The highest BCUT2D eigenvalue weighted by Gasteiger charge is 2.39. The van der Waals surface area contributed by atoms with E-state index in [1.165, 1.54) is 12.5 Å². The lowest BCUT2D eigenvalue weighted by atomic mass is 9.87. The highest BCUT2D eigenvalue weighted by Crippen LogP contribution is 2.35. The third-order valence-electron chi connectivity index (χ3n) is 8.61. The van der Waals surface area contributed by atoms with E-state index in [2.05, 4.69) is 24.8 Å². The van der Waals surface area contributed by atoms with Crippen LogP contribution in [-0.2, 0) is 29.1 Å². The number of methoxy groups -OCH3 is 1. The summed E-state index contributed by atoms with van der Waals surface area (Å²) in [6.07, 6.45) is 1.75. The van der Waals surface area contributed by atoms with Crippen LogP contribution >= 0.6 is 0 Å². The molecule has 4 rings (SSSR count). The van der Waals surface area contributed by atoms with E-state index < -0.39 is 5.41 Å². The first kappa shape index (κ1) is 28.6. The first-order chi connectivity index (χ1) is 18.3. The molecule has 210 valence electrons. The smallest absolute Gasteiger partial charge is 0.254 e. The summed E-state index contributed by atoms with van der Waals surface area (Å²) in [4.78, 5) is 44.4. The summed E-state index contributed by atoms with van der Waals surface area (Å²) in [5, 5.41) is 9.90. The van der Waals surface area contributed by atoms with Crippen LogP contribution in [0, 0.1) is 5.41 Å². The Morgan fingerprint density at radius 1 is 0.949 bits per heavy atom. The molecule has 2 aromatic carbocycles. The van der Waals surface area contributed by atoms with Crippen LogP contribution < -0.4 is 4.74 Å². The summed E-state index contributed by atoms with van der Waals surface area (Å²) >= 11 is 0. The average Bonchev–Trinajstić information content (AvgIpc) is 3.37. The molecule has 1 fully saturated rings. The second-order valence-electron chi connectivity index (χ2n) is 11.9. The largest absolute Gasteiger partial charge is 0.504 e. The second kappa shape index (κ2) is 11.0. The van der Waals surface area contributed by atoms with E-state index in [4.69, 9.17) is 4.74 Å². The normalized spacial score (nSPS) is 16.3. The number of hydrogen-bond donors (Lipinski definition) is 1. The number of ketones is 1. The van der Waals surface area contributed by atoms with Crippen molar-refractivity contribution in [3.63, 3.8) is 0 Å². The molecule has 8 heteroatoms. The molecule has 0 aliphatic carbocycles. The molecule has 39 heavy (non-hydrogen) atoms. The number of piperazine rings is 1. The van der Waals surface area contributed by atoms with Gasteiger partial charge in [-0.3, -0.25) is 19.3 Å². The Labute approximate surface area is 231 Å². The van der Waals surface area contributed by atoms with Gasteiger partial charge in [0.15, 0.2) is 11.5 Å². The standard InChI is InChI=1S/C31H41N3O5/c1-21(35)31(4,5)29(38)33-16-14-32(15-17-33)28(37)24-9-7-8-23-19-34(20-25(23)24)30(2,3)13-12-22-10-11-26(36)27(18-22)39-6/h7-11,18,36H,12-17,19-20H2,1-6H3. The second-order valence-corrected chi connectivity index (χ2v) is 11.9. The maximum Gasteiger partial charge on any atom is 0.254 e. The van der Waals surface area contributed by atoms with Crippen molar-refractivity contribution < 1.29 is 24.2 Å². The number of benzene rings is 2. The maximum absolute atomic E-state index is 13.6. The topological polar surface area (TPSA) is 90.4 Å². The molecule has 1 saturated heterocycles. The van der Waals surface area contributed by atoms with Gasteiger partial charge in [-0.2, -0.15) is 0 Å². The Kier molecular flexibility index (Phi) is 8.07. The quantitative estimate of drug-likeness (QED) is 0.514. The van der Waals surface area contributed by atoms with Crippen molar-refractivity contribution in [3.05, 3.63) is 58.7 Å². The average molecular weight is 536 g/mol. The van der Waals surface area contributed by atoms with Crippen LogP contribution in [0.1, 0.15) is 68.1 Å². The number of rotatable bonds is 8. The number of Topliss-reactive ketones (excluding diaryl/α,β-unsaturated/α-hetero) is 1. The summed E-state index contributed by atoms with van der Waals surface area (Å²) in [5.74, 6) is 0.295. The van der Waals surface area contributed by atoms with Crippen molar-refractivity contribution in [2.45, 2.75) is 66.1 Å². The van der Waals surface area contributed by atoms with Gasteiger partial charge in [0.25, 0.3) is 5.91 Å². The van der Waals surface area contributed by atoms with Gasteiger partial charge < -0.3 is 19.6 Å². The van der Waals surface area contributed by atoms with Crippen LogP contribution in [0.4, 0.5) is 0 Å². The number of aromatic hydroxyl groups is 1. The van der Waals surface area contributed by atoms with Crippen LogP contribution in [-0.4, -0.2) is 76.2 Å². The summed E-state index contributed by atoms with van der Waals surface area (Å²) < 4.78 is 5.26. The highest BCUT2D eigenvalue weighted by atomic mass is 16.5. The van der Waals surface area contributed by atoms with E-state index in [-0.39, 0.29) is 28.9 Å². The molecule has 0 aromatic heterocycles. The summed E-state index contributed by atoms with van der Waals surface area (Å²) in [7, 11) is 1.55.